The van der Waals surface area contributed by atoms with Gasteiger partial charge in [-0.1, -0.05) is 80.1 Å². The third kappa shape index (κ3) is 9.44. The molecule has 11 nitrogen and oxygen atoms in total. The van der Waals surface area contributed by atoms with E-state index in [4.69, 9.17) is 4.74 Å². The maximum atomic E-state index is 14.6. The van der Waals surface area contributed by atoms with Gasteiger partial charge in [0.2, 0.25) is 11.8 Å². The van der Waals surface area contributed by atoms with Crippen LogP contribution in [0.15, 0.2) is 102 Å². The molecular formula is C37H42N4O7S. The van der Waals surface area contributed by atoms with Crippen LogP contribution in [0.25, 0.3) is 0 Å². The SMILES string of the molecule is COc1ccc(N(CC(=O)N(Cc2ccc(C)cc2)[C@@H](Cc2ccccc2)C(=O)NCC(C)C)S(=O)(=O)c2ccc(C)c([N+](=O)[O-])c2)cc1. The van der Waals surface area contributed by atoms with Crippen molar-refractivity contribution >= 4 is 33.2 Å². The molecule has 4 aromatic rings. The summed E-state index contributed by atoms with van der Waals surface area (Å²) >= 11 is 0. The lowest BCUT2D eigenvalue weighted by molar-refractivity contribution is -0.385. The van der Waals surface area contributed by atoms with Gasteiger partial charge in [-0.15, -0.1) is 0 Å². The van der Waals surface area contributed by atoms with Gasteiger partial charge in [-0.2, -0.15) is 0 Å². The van der Waals surface area contributed by atoms with Crippen molar-refractivity contribution in [2.24, 2.45) is 5.92 Å². The van der Waals surface area contributed by atoms with Gasteiger partial charge in [0.1, 0.15) is 18.3 Å². The molecule has 4 rings (SSSR count). The van der Waals surface area contributed by atoms with Crippen LogP contribution in [0.5, 0.6) is 5.75 Å². The van der Waals surface area contributed by atoms with Gasteiger partial charge < -0.3 is 15.0 Å². The van der Waals surface area contributed by atoms with Crippen molar-refractivity contribution in [1.29, 1.82) is 0 Å². The van der Waals surface area contributed by atoms with Crippen molar-refractivity contribution < 1.29 is 27.7 Å². The summed E-state index contributed by atoms with van der Waals surface area (Å²) in [6, 6.07) is 25.6. The molecule has 0 radical (unpaired) electrons. The van der Waals surface area contributed by atoms with E-state index < -0.39 is 33.4 Å². The number of nitrogens with zero attached hydrogens (tertiary/aromatic N) is 3. The fourth-order valence-electron chi connectivity index (χ4n) is 5.22. The number of nitrogens with one attached hydrogen (secondary N) is 1. The number of ether oxygens (including phenoxy) is 1. The van der Waals surface area contributed by atoms with E-state index in [0.717, 1.165) is 27.1 Å². The van der Waals surface area contributed by atoms with Crippen LogP contribution in [0.3, 0.4) is 0 Å². The van der Waals surface area contributed by atoms with E-state index in [9.17, 15) is 28.1 Å². The Morgan fingerprint density at radius 2 is 1.55 bits per heavy atom. The minimum atomic E-state index is -4.54. The second-order valence-electron chi connectivity index (χ2n) is 12.3. The Balaban J connectivity index is 1.83. The summed E-state index contributed by atoms with van der Waals surface area (Å²) in [5.41, 5.74) is 2.64. The Morgan fingerprint density at radius 3 is 2.14 bits per heavy atom. The normalized spacial score (nSPS) is 11.9. The summed E-state index contributed by atoms with van der Waals surface area (Å²) < 4.78 is 34.8. The first-order chi connectivity index (χ1) is 23.3. The van der Waals surface area contributed by atoms with Crippen LogP contribution in [0.1, 0.15) is 36.1 Å². The molecule has 0 unspecified atom stereocenters. The number of rotatable bonds is 15. The molecule has 0 aliphatic rings. The predicted molar refractivity (Wildman–Crippen MR) is 189 cm³/mol. The van der Waals surface area contributed by atoms with E-state index in [1.807, 2.05) is 75.4 Å². The predicted octanol–water partition coefficient (Wildman–Crippen LogP) is 5.83. The number of aryl methyl sites for hydroxylation is 2. The summed E-state index contributed by atoms with van der Waals surface area (Å²) in [7, 11) is -3.07. The smallest absolute Gasteiger partial charge is 0.273 e. The first-order valence-electron chi connectivity index (χ1n) is 15.9. The van der Waals surface area contributed by atoms with Crippen LogP contribution >= 0.6 is 0 Å². The lowest BCUT2D eigenvalue weighted by Gasteiger charge is -2.34. The molecule has 258 valence electrons. The molecule has 12 heteroatoms. The van der Waals surface area contributed by atoms with E-state index in [-0.39, 0.29) is 46.6 Å². The molecule has 0 aliphatic heterocycles. The number of carbonyl (C=O) groups excluding carboxylic acids is 2. The Morgan fingerprint density at radius 1 is 0.898 bits per heavy atom. The number of amides is 2. The minimum absolute atomic E-state index is 0.0260. The van der Waals surface area contributed by atoms with Crippen LogP contribution in [0, 0.1) is 29.9 Å². The summed E-state index contributed by atoms with van der Waals surface area (Å²) in [6.07, 6.45) is 0.182. The average molecular weight is 687 g/mol. The summed E-state index contributed by atoms with van der Waals surface area (Å²) in [5.74, 6) is -0.394. The molecule has 1 atom stereocenters. The molecule has 49 heavy (non-hydrogen) atoms. The topological polar surface area (TPSA) is 139 Å². The standard InChI is InChI=1S/C37H42N4O7S/c1-26(2)23-38-37(43)35(21-29-9-7-6-8-10-29)39(24-30-14-11-27(3)12-15-30)36(42)25-40(31-16-18-32(48-5)19-17-31)49(46,47)33-20-13-28(4)34(22-33)41(44)45/h6-20,22,26,35H,21,23-25H2,1-5H3,(H,38,43)/t35-/m0/s1. The maximum absolute atomic E-state index is 14.6. The first-order valence-corrected chi connectivity index (χ1v) is 17.3. The maximum Gasteiger partial charge on any atom is 0.273 e. The van der Waals surface area contributed by atoms with Crippen molar-refractivity contribution in [3.05, 3.63) is 129 Å². The fraction of sp³-hybridized carbons (Fsp3) is 0.297. The zero-order chi connectivity index (χ0) is 35.7. The molecule has 1 N–H and O–H groups in total. The van der Waals surface area contributed by atoms with Gasteiger partial charge in [-0.25, -0.2) is 8.42 Å². The number of nitro groups is 1. The van der Waals surface area contributed by atoms with Crippen LogP contribution < -0.4 is 14.4 Å². The highest BCUT2D eigenvalue weighted by Gasteiger charge is 2.35. The van der Waals surface area contributed by atoms with Gasteiger partial charge in [-0.05, 0) is 61.2 Å². The Kier molecular flexibility index (Phi) is 12.1. The zero-order valence-corrected chi connectivity index (χ0v) is 29.1. The van der Waals surface area contributed by atoms with Crippen molar-refractivity contribution in [3.8, 4) is 5.75 Å². The highest BCUT2D eigenvalue weighted by atomic mass is 32.2. The van der Waals surface area contributed by atoms with Crippen molar-refractivity contribution in [2.45, 2.75) is 51.6 Å². The lowest BCUT2D eigenvalue weighted by Crippen LogP contribution is -2.53. The molecular weight excluding hydrogens is 644 g/mol. The van der Waals surface area contributed by atoms with Crippen LogP contribution in [0.2, 0.25) is 0 Å². The minimum Gasteiger partial charge on any atom is -0.497 e. The molecule has 0 fully saturated rings. The second kappa shape index (κ2) is 16.2. The first kappa shape index (κ1) is 36.6. The molecule has 0 spiro atoms. The number of methoxy groups -OCH3 is 1. The van der Waals surface area contributed by atoms with Gasteiger partial charge in [0.05, 0.1) is 22.6 Å². The number of sulfonamides is 1. The van der Waals surface area contributed by atoms with Crippen LogP contribution in [0.4, 0.5) is 11.4 Å². The van der Waals surface area contributed by atoms with Crippen LogP contribution in [-0.4, -0.2) is 56.3 Å². The van der Waals surface area contributed by atoms with Gasteiger partial charge >= 0.3 is 0 Å². The largest absolute Gasteiger partial charge is 0.497 e. The van der Waals surface area contributed by atoms with E-state index in [1.165, 1.54) is 43.2 Å². The van der Waals surface area contributed by atoms with Crippen molar-refractivity contribution in [2.75, 3.05) is 24.5 Å². The molecule has 0 aromatic heterocycles. The van der Waals surface area contributed by atoms with E-state index >= 15 is 0 Å². The number of anilines is 1. The van der Waals surface area contributed by atoms with Crippen LogP contribution in [-0.2, 0) is 32.6 Å². The number of hydrogen-bond acceptors (Lipinski definition) is 7. The molecule has 0 bridgehead atoms. The molecule has 0 aliphatic carbocycles. The molecule has 0 heterocycles. The van der Waals surface area contributed by atoms with E-state index in [1.54, 1.807) is 12.1 Å². The van der Waals surface area contributed by atoms with Gasteiger partial charge in [0.15, 0.2) is 0 Å². The average Bonchev–Trinajstić information content (AvgIpc) is 3.08. The molecule has 2 amide bonds. The number of carbonyl (C=O) groups is 2. The highest BCUT2D eigenvalue weighted by Crippen LogP contribution is 2.30. The summed E-state index contributed by atoms with van der Waals surface area (Å²) in [5, 5.41) is 14.7. The summed E-state index contributed by atoms with van der Waals surface area (Å²) in [4.78, 5) is 40.7. The molecule has 4 aromatic carbocycles. The van der Waals surface area contributed by atoms with E-state index in [2.05, 4.69) is 5.32 Å². The zero-order valence-electron chi connectivity index (χ0n) is 28.3. The Labute approximate surface area is 287 Å². The molecule has 0 saturated heterocycles. The lowest BCUT2D eigenvalue weighted by atomic mass is 10.0. The van der Waals surface area contributed by atoms with Crippen molar-refractivity contribution in [1.82, 2.24) is 10.2 Å². The van der Waals surface area contributed by atoms with Gasteiger partial charge in [0.25, 0.3) is 15.7 Å². The number of benzene rings is 4. The number of hydrogen-bond donors (Lipinski definition) is 1. The van der Waals surface area contributed by atoms with E-state index in [0.29, 0.717) is 12.3 Å². The monoisotopic (exact) mass is 686 g/mol. The Bertz CT molecular complexity index is 1860. The quantitative estimate of drug-likeness (QED) is 0.123. The third-order valence-corrected chi connectivity index (χ3v) is 9.80. The molecule has 0 saturated carbocycles. The third-order valence-electron chi connectivity index (χ3n) is 8.03. The second-order valence-corrected chi connectivity index (χ2v) is 14.1. The number of nitro benzene ring substituents is 1. The van der Waals surface area contributed by atoms with Gasteiger partial charge in [0, 0.05) is 31.1 Å². The fourth-order valence-corrected chi connectivity index (χ4v) is 6.65. The summed E-state index contributed by atoms with van der Waals surface area (Å²) in [6.45, 7) is 7.11. The van der Waals surface area contributed by atoms with Gasteiger partial charge in [-0.3, -0.25) is 24.0 Å². The van der Waals surface area contributed by atoms with Crippen molar-refractivity contribution in [3.63, 3.8) is 0 Å². The Hall–Kier alpha value is -5.23. The highest BCUT2D eigenvalue weighted by molar-refractivity contribution is 7.92.